The van der Waals surface area contributed by atoms with Crippen LogP contribution in [0.3, 0.4) is 0 Å². The number of nitrogens with one attached hydrogen (secondary N) is 1. The molecular weight excluding hydrogens is 358 g/mol. The van der Waals surface area contributed by atoms with E-state index in [0.717, 1.165) is 17.0 Å². The van der Waals surface area contributed by atoms with Gasteiger partial charge in [-0.05, 0) is 38.1 Å². The fourth-order valence-corrected chi connectivity index (χ4v) is 2.41. The number of hydrogen-bond acceptors (Lipinski definition) is 8. The summed E-state index contributed by atoms with van der Waals surface area (Å²) in [6, 6.07) is 9.01. The predicted octanol–water partition coefficient (Wildman–Crippen LogP) is 2.08. The number of nitrogens with two attached hydrogens (primary N) is 1. The Kier molecular flexibility index (Phi) is 5.85. The summed E-state index contributed by atoms with van der Waals surface area (Å²) in [6.45, 7) is 3.89. The van der Waals surface area contributed by atoms with E-state index < -0.39 is 5.91 Å². The van der Waals surface area contributed by atoms with E-state index in [1.165, 1.54) is 6.21 Å². The van der Waals surface area contributed by atoms with Crippen molar-refractivity contribution >= 4 is 23.5 Å². The smallest absolute Gasteiger partial charge is 0.273 e. The first-order chi connectivity index (χ1) is 13.6. The second-order valence-corrected chi connectivity index (χ2v) is 5.93. The lowest BCUT2D eigenvalue weighted by atomic mass is 10.2. The predicted molar refractivity (Wildman–Crippen MR) is 105 cm³/mol. The number of carbonyl (C=O) groups excluding carboxylic acids is 1. The number of amides is 1. The van der Waals surface area contributed by atoms with E-state index in [2.05, 4.69) is 30.5 Å². The molecule has 0 spiro atoms. The molecule has 0 aromatic carbocycles. The van der Waals surface area contributed by atoms with Crippen molar-refractivity contribution in [2.24, 2.45) is 15.9 Å². The van der Waals surface area contributed by atoms with Gasteiger partial charge in [0.05, 0.1) is 24.1 Å². The van der Waals surface area contributed by atoms with Crippen LogP contribution in [0.25, 0.3) is 11.3 Å². The van der Waals surface area contributed by atoms with Gasteiger partial charge in [-0.3, -0.25) is 19.8 Å². The van der Waals surface area contributed by atoms with E-state index in [1.54, 1.807) is 30.6 Å². The van der Waals surface area contributed by atoms with Crippen molar-refractivity contribution in [3.63, 3.8) is 0 Å². The lowest BCUT2D eigenvalue weighted by molar-refractivity contribution is -0.114. The monoisotopic (exact) mass is 377 g/mol. The van der Waals surface area contributed by atoms with Crippen molar-refractivity contribution in [1.29, 1.82) is 0 Å². The molecule has 0 bridgehead atoms. The molecule has 9 heteroatoms. The topological polar surface area (TPSA) is 132 Å². The molecule has 9 nitrogen and oxygen atoms in total. The standard InChI is InChI=1S/C19H19N7O2/c1-12-3-4-16(13(2)24-12)22-11-17(25-20)19(27)23-10-15-9-18(28-26-15)14-5-7-21-8-6-14/h3-9,11H,10,20H2,1-2H3,(H,23,27)/b22-11?,25-17+. The van der Waals surface area contributed by atoms with E-state index >= 15 is 0 Å². The van der Waals surface area contributed by atoms with Crippen LogP contribution in [-0.2, 0) is 11.3 Å². The highest BCUT2D eigenvalue weighted by atomic mass is 16.5. The van der Waals surface area contributed by atoms with E-state index in [1.807, 2.05) is 26.0 Å². The summed E-state index contributed by atoms with van der Waals surface area (Å²) in [6.07, 6.45) is 4.63. The number of aliphatic imine (C=N–C) groups is 1. The second kappa shape index (κ2) is 8.67. The number of rotatable bonds is 6. The van der Waals surface area contributed by atoms with Crippen molar-refractivity contribution in [3.8, 4) is 11.3 Å². The Morgan fingerprint density at radius 1 is 1.25 bits per heavy atom. The second-order valence-electron chi connectivity index (χ2n) is 5.93. The number of aryl methyl sites for hydroxylation is 2. The molecule has 28 heavy (non-hydrogen) atoms. The van der Waals surface area contributed by atoms with Gasteiger partial charge in [-0.2, -0.15) is 5.10 Å². The van der Waals surface area contributed by atoms with Crippen LogP contribution in [0.5, 0.6) is 0 Å². The van der Waals surface area contributed by atoms with Crippen LogP contribution in [0.1, 0.15) is 17.1 Å². The van der Waals surface area contributed by atoms with Gasteiger partial charge in [0, 0.05) is 29.7 Å². The molecule has 3 N–H and O–H groups in total. The van der Waals surface area contributed by atoms with E-state index in [4.69, 9.17) is 10.4 Å². The highest BCUT2D eigenvalue weighted by Crippen LogP contribution is 2.19. The lowest BCUT2D eigenvalue weighted by Gasteiger charge is -2.03. The van der Waals surface area contributed by atoms with Gasteiger partial charge in [0.2, 0.25) is 0 Å². The number of hydrazone groups is 1. The molecule has 0 aliphatic rings. The van der Waals surface area contributed by atoms with Gasteiger partial charge in [0.1, 0.15) is 5.69 Å². The minimum absolute atomic E-state index is 0.0159. The summed E-state index contributed by atoms with van der Waals surface area (Å²) >= 11 is 0. The van der Waals surface area contributed by atoms with Gasteiger partial charge < -0.3 is 15.7 Å². The normalized spacial score (nSPS) is 11.7. The van der Waals surface area contributed by atoms with Gasteiger partial charge in [0.25, 0.3) is 5.91 Å². The first-order valence-electron chi connectivity index (χ1n) is 8.47. The highest BCUT2D eigenvalue weighted by Gasteiger charge is 2.12. The molecule has 3 aromatic rings. The average molecular weight is 377 g/mol. The molecule has 0 aliphatic carbocycles. The Morgan fingerprint density at radius 2 is 2.04 bits per heavy atom. The maximum Gasteiger partial charge on any atom is 0.273 e. The summed E-state index contributed by atoms with van der Waals surface area (Å²) in [5, 5.41) is 10.1. The fourth-order valence-electron chi connectivity index (χ4n) is 2.41. The van der Waals surface area contributed by atoms with Gasteiger partial charge in [-0.25, -0.2) is 0 Å². The molecule has 3 heterocycles. The Bertz CT molecular complexity index is 1030. The van der Waals surface area contributed by atoms with E-state index in [9.17, 15) is 4.79 Å². The Balaban J connectivity index is 1.62. The summed E-state index contributed by atoms with van der Waals surface area (Å²) < 4.78 is 5.28. The molecule has 0 atom stereocenters. The zero-order chi connectivity index (χ0) is 19.9. The van der Waals surface area contributed by atoms with Crippen molar-refractivity contribution in [1.82, 2.24) is 20.4 Å². The van der Waals surface area contributed by atoms with Crippen LogP contribution in [0.2, 0.25) is 0 Å². The van der Waals surface area contributed by atoms with Crippen LogP contribution in [0.15, 0.2) is 57.3 Å². The third-order valence-corrected chi connectivity index (χ3v) is 3.85. The van der Waals surface area contributed by atoms with E-state index in [-0.39, 0.29) is 12.3 Å². The maximum absolute atomic E-state index is 12.3. The van der Waals surface area contributed by atoms with Crippen LogP contribution < -0.4 is 11.2 Å². The average Bonchev–Trinajstić information content (AvgIpc) is 3.18. The SMILES string of the molecule is Cc1ccc(N=C/C(=N\N)C(=O)NCc2cc(-c3ccncc3)on2)c(C)n1. The molecule has 3 aromatic heterocycles. The Morgan fingerprint density at radius 3 is 2.75 bits per heavy atom. The summed E-state index contributed by atoms with van der Waals surface area (Å²) in [5.41, 5.74) is 3.67. The quantitative estimate of drug-likeness (QED) is 0.384. The van der Waals surface area contributed by atoms with Crippen LogP contribution >= 0.6 is 0 Å². The summed E-state index contributed by atoms with van der Waals surface area (Å²) in [4.78, 5) is 24.8. The third kappa shape index (κ3) is 4.64. The van der Waals surface area contributed by atoms with Gasteiger partial charge >= 0.3 is 0 Å². The fraction of sp³-hybridized carbons (Fsp3) is 0.158. The molecule has 142 valence electrons. The minimum atomic E-state index is -0.475. The molecule has 0 saturated heterocycles. The van der Waals surface area contributed by atoms with Crippen LogP contribution in [0, 0.1) is 13.8 Å². The van der Waals surface area contributed by atoms with Crippen LogP contribution in [0.4, 0.5) is 5.69 Å². The largest absolute Gasteiger partial charge is 0.356 e. The molecule has 0 saturated carbocycles. The summed E-state index contributed by atoms with van der Waals surface area (Å²) in [5.74, 6) is 5.44. The van der Waals surface area contributed by atoms with Gasteiger partial charge in [0.15, 0.2) is 11.5 Å². The first-order valence-corrected chi connectivity index (χ1v) is 8.47. The van der Waals surface area contributed by atoms with Gasteiger partial charge in [-0.15, -0.1) is 0 Å². The zero-order valence-electron chi connectivity index (χ0n) is 15.5. The molecule has 0 unspecified atom stereocenters. The van der Waals surface area contributed by atoms with Crippen molar-refractivity contribution in [3.05, 3.63) is 59.8 Å². The van der Waals surface area contributed by atoms with Crippen molar-refractivity contribution < 1.29 is 9.32 Å². The molecule has 0 aliphatic heterocycles. The molecular formula is C19H19N7O2. The molecule has 3 rings (SSSR count). The van der Waals surface area contributed by atoms with Crippen molar-refractivity contribution in [2.45, 2.75) is 20.4 Å². The number of nitrogens with zero attached hydrogens (tertiary/aromatic N) is 5. The lowest BCUT2D eigenvalue weighted by Crippen LogP contribution is -2.32. The number of pyridine rings is 2. The number of aromatic nitrogens is 3. The van der Waals surface area contributed by atoms with E-state index in [0.29, 0.717) is 17.1 Å². The van der Waals surface area contributed by atoms with Crippen molar-refractivity contribution in [2.75, 3.05) is 0 Å². The first kappa shape index (κ1) is 18.9. The zero-order valence-corrected chi connectivity index (χ0v) is 15.5. The summed E-state index contributed by atoms with van der Waals surface area (Å²) in [7, 11) is 0. The third-order valence-electron chi connectivity index (χ3n) is 3.85. The highest BCUT2D eigenvalue weighted by molar-refractivity contribution is 6.60. The molecule has 1 amide bonds. The number of carbonyl (C=O) groups is 1. The molecule has 0 fully saturated rings. The van der Waals surface area contributed by atoms with Crippen LogP contribution in [-0.4, -0.2) is 33.0 Å². The molecule has 0 radical (unpaired) electrons. The Labute approximate surface area is 161 Å². The maximum atomic E-state index is 12.3. The Hall–Kier alpha value is -3.88. The van der Waals surface area contributed by atoms with Gasteiger partial charge in [-0.1, -0.05) is 5.16 Å². The number of hydrogen-bond donors (Lipinski definition) is 2. The minimum Gasteiger partial charge on any atom is -0.356 e.